The van der Waals surface area contributed by atoms with E-state index in [0.29, 0.717) is 0 Å². The number of hydrogen-bond acceptors (Lipinski definition) is 3. The quantitative estimate of drug-likeness (QED) is 0.890. The van der Waals surface area contributed by atoms with E-state index in [4.69, 9.17) is 0 Å². The minimum atomic E-state index is -0.375. The molecule has 1 atom stereocenters. The van der Waals surface area contributed by atoms with E-state index < -0.39 is 0 Å². The molecule has 0 spiro atoms. The fourth-order valence-corrected chi connectivity index (χ4v) is 1.85. The van der Waals surface area contributed by atoms with E-state index in [2.05, 4.69) is 16.4 Å². The first-order chi connectivity index (χ1) is 8.72. The molecule has 0 aliphatic carbocycles. The number of nitriles is 1. The summed E-state index contributed by atoms with van der Waals surface area (Å²) in [6.07, 6.45) is 3.48. The summed E-state index contributed by atoms with van der Waals surface area (Å²) >= 11 is 0. The van der Waals surface area contributed by atoms with Gasteiger partial charge in [0.25, 0.3) is 0 Å². The Hall–Kier alpha value is -2.34. The summed E-state index contributed by atoms with van der Waals surface area (Å²) in [6.45, 7) is 4.01. The lowest BCUT2D eigenvalue weighted by Gasteiger charge is -2.16. The van der Waals surface area contributed by atoms with Crippen LogP contribution in [0.5, 0.6) is 0 Å². The van der Waals surface area contributed by atoms with E-state index in [1.165, 1.54) is 0 Å². The van der Waals surface area contributed by atoms with Crippen LogP contribution >= 0.6 is 0 Å². The Morgan fingerprint density at radius 2 is 1.94 bits per heavy atom. The lowest BCUT2D eigenvalue weighted by Crippen LogP contribution is -2.11. The van der Waals surface area contributed by atoms with E-state index in [1.807, 2.05) is 44.2 Å². The fraction of sp³-hybridized carbons (Fsp3) is 0.200. The summed E-state index contributed by atoms with van der Waals surface area (Å²) in [6, 6.07) is 11.8. The molecule has 18 heavy (non-hydrogen) atoms. The van der Waals surface area contributed by atoms with Gasteiger partial charge in [-0.05, 0) is 37.1 Å². The third-order valence-corrected chi connectivity index (χ3v) is 2.96. The summed E-state index contributed by atoms with van der Waals surface area (Å²) in [7, 11) is 0. The molecule has 3 heteroatoms. The average Bonchev–Trinajstić information content (AvgIpc) is 2.39. The second-order valence-corrected chi connectivity index (χ2v) is 4.25. The second kappa shape index (κ2) is 5.33. The fourth-order valence-electron chi connectivity index (χ4n) is 1.85. The summed E-state index contributed by atoms with van der Waals surface area (Å²) < 4.78 is 0. The predicted octanol–water partition coefficient (Wildman–Crippen LogP) is 3.38. The van der Waals surface area contributed by atoms with Crippen molar-refractivity contribution < 1.29 is 0 Å². The van der Waals surface area contributed by atoms with Crippen molar-refractivity contribution in [2.24, 2.45) is 0 Å². The zero-order valence-electron chi connectivity index (χ0n) is 10.5. The summed E-state index contributed by atoms with van der Waals surface area (Å²) in [5.41, 5.74) is 4.09. The molecule has 0 amide bonds. The molecule has 0 saturated carbocycles. The van der Waals surface area contributed by atoms with Crippen LogP contribution in [-0.4, -0.2) is 4.98 Å². The maximum Gasteiger partial charge on any atom is 0.142 e. The molecule has 1 aromatic carbocycles. The van der Waals surface area contributed by atoms with Gasteiger partial charge in [0, 0.05) is 23.6 Å². The average molecular weight is 237 g/mol. The Kier molecular flexibility index (Phi) is 3.59. The number of rotatable bonds is 3. The Labute approximate surface area is 107 Å². The highest BCUT2D eigenvalue weighted by atomic mass is 14.9. The van der Waals surface area contributed by atoms with Gasteiger partial charge < -0.3 is 5.32 Å². The van der Waals surface area contributed by atoms with Crippen molar-refractivity contribution in [3.63, 3.8) is 0 Å². The highest BCUT2D eigenvalue weighted by Crippen LogP contribution is 2.23. The Balaban J connectivity index is 2.30. The minimum absolute atomic E-state index is 0.375. The van der Waals surface area contributed by atoms with E-state index in [0.717, 1.165) is 22.4 Å². The Morgan fingerprint density at radius 1 is 1.17 bits per heavy atom. The molecule has 0 fully saturated rings. The van der Waals surface area contributed by atoms with Crippen LogP contribution in [0, 0.1) is 25.2 Å². The number of benzene rings is 1. The summed E-state index contributed by atoms with van der Waals surface area (Å²) in [4.78, 5) is 4.09. The number of hydrogen-bond donors (Lipinski definition) is 1. The van der Waals surface area contributed by atoms with Crippen LogP contribution in [0.4, 0.5) is 5.69 Å². The van der Waals surface area contributed by atoms with Crippen molar-refractivity contribution in [2.75, 3.05) is 5.32 Å². The molecule has 2 aromatic rings. The summed E-state index contributed by atoms with van der Waals surface area (Å²) in [5.74, 6) is 0. The van der Waals surface area contributed by atoms with Crippen molar-refractivity contribution in [2.45, 2.75) is 19.9 Å². The minimum Gasteiger partial charge on any atom is -0.366 e. The largest absolute Gasteiger partial charge is 0.366 e. The maximum atomic E-state index is 9.32. The van der Waals surface area contributed by atoms with Gasteiger partial charge in [-0.25, -0.2) is 0 Å². The Bertz CT molecular complexity index is 584. The molecule has 0 aliphatic heterocycles. The number of nitrogens with zero attached hydrogens (tertiary/aromatic N) is 2. The first kappa shape index (κ1) is 12.1. The third kappa shape index (κ3) is 2.49. The lowest BCUT2D eigenvalue weighted by atomic mass is 10.0. The molecule has 0 radical (unpaired) electrons. The first-order valence-corrected chi connectivity index (χ1v) is 5.84. The van der Waals surface area contributed by atoms with Crippen molar-refractivity contribution in [1.29, 1.82) is 5.26 Å². The molecule has 1 heterocycles. The Morgan fingerprint density at radius 3 is 2.61 bits per heavy atom. The summed E-state index contributed by atoms with van der Waals surface area (Å²) in [5, 5.41) is 12.6. The van der Waals surface area contributed by atoms with Gasteiger partial charge in [-0.3, -0.25) is 4.98 Å². The van der Waals surface area contributed by atoms with Crippen LogP contribution in [0.25, 0.3) is 0 Å². The van der Waals surface area contributed by atoms with Crippen molar-refractivity contribution in [1.82, 2.24) is 4.98 Å². The number of nitrogens with one attached hydrogen (secondary N) is 1. The van der Waals surface area contributed by atoms with Gasteiger partial charge in [0.2, 0.25) is 0 Å². The standard InChI is InChI=1S/C15H15N3/c1-11-7-8-17-10-13(11)15(9-16)18-14-6-4-3-5-12(14)2/h3-8,10,15,18H,1-2H3. The van der Waals surface area contributed by atoms with E-state index in [-0.39, 0.29) is 6.04 Å². The molecule has 0 aliphatic rings. The molecular weight excluding hydrogens is 222 g/mol. The smallest absolute Gasteiger partial charge is 0.142 e. The number of para-hydroxylation sites is 1. The molecule has 2 rings (SSSR count). The molecule has 0 saturated heterocycles. The third-order valence-electron chi connectivity index (χ3n) is 2.96. The number of pyridine rings is 1. The van der Waals surface area contributed by atoms with Crippen molar-refractivity contribution in [3.05, 3.63) is 59.4 Å². The maximum absolute atomic E-state index is 9.32. The lowest BCUT2D eigenvalue weighted by molar-refractivity contribution is 0.962. The van der Waals surface area contributed by atoms with E-state index in [1.54, 1.807) is 12.4 Å². The number of aromatic nitrogens is 1. The van der Waals surface area contributed by atoms with Crippen LogP contribution in [-0.2, 0) is 0 Å². The highest BCUT2D eigenvalue weighted by molar-refractivity contribution is 5.53. The molecule has 90 valence electrons. The van der Waals surface area contributed by atoms with Gasteiger partial charge in [0.05, 0.1) is 6.07 Å². The van der Waals surface area contributed by atoms with Gasteiger partial charge in [0.1, 0.15) is 6.04 Å². The van der Waals surface area contributed by atoms with Gasteiger partial charge in [0.15, 0.2) is 0 Å². The van der Waals surface area contributed by atoms with E-state index >= 15 is 0 Å². The van der Waals surface area contributed by atoms with Gasteiger partial charge >= 0.3 is 0 Å². The molecule has 0 bridgehead atoms. The van der Waals surface area contributed by atoms with Crippen LogP contribution in [0.15, 0.2) is 42.7 Å². The number of anilines is 1. The zero-order valence-corrected chi connectivity index (χ0v) is 10.5. The second-order valence-electron chi connectivity index (χ2n) is 4.25. The van der Waals surface area contributed by atoms with Gasteiger partial charge in [-0.1, -0.05) is 18.2 Å². The van der Waals surface area contributed by atoms with Crippen LogP contribution in [0.3, 0.4) is 0 Å². The van der Waals surface area contributed by atoms with Crippen LogP contribution < -0.4 is 5.32 Å². The predicted molar refractivity (Wildman–Crippen MR) is 72.1 cm³/mol. The topological polar surface area (TPSA) is 48.7 Å². The molecule has 1 N–H and O–H groups in total. The normalized spacial score (nSPS) is 11.6. The monoisotopic (exact) mass is 237 g/mol. The van der Waals surface area contributed by atoms with Gasteiger partial charge in [-0.15, -0.1) is 0 Å². The van der Waals surface area contributed by atoms with Crippen LogP contribution in [0.1, 0.15) is 22.7 Å². The molecule has 1 unspecified atom stereocenters. The highest BCUT2D eigenvalue weighted by Gasteiger charge is 2.13. The number of aryl methyl sites for hydroxylation is 2. The van der Waals surface area contributed by atoms with Crippen LogP contribution in [0.2, 0.25) is 0 Å². The molecular formula is C15H15N3. The van der Waals surface area contributed by atoms with E-state index in [9.17, 15) is 5.26 Å². The zero-order chi connectivity index (χ0) is 13.0. The van der Waals surface area contributed by atoms with Crippen molar-refractivity contribution >= 4 is 5.69 Å². The molecule has 1 aromatic heterocycles. The molecule has 3 nitrogen and oxygen atoms in total. The first-order valence-electron chi connectivity index (χ1n) is 5.84. The SMILES string of the molecule is Cc1ccccc1NC(C#N)c1cnccc1C. The van der Waals surface area contributed by atoms with Gasteiger partial charge in [-0.2, -0.15) is 5.26 Å². The van der Waals surface area contributed by atoms with Crippen molar-refractivity contribution in [3.8, 4) is 6.07 Å².